The molecule has 100 valence electrons. The molecule has 1 aliphatic carbocycles. The van der Waals surface area contributed by atoms with Crippen molar-refractivity contribution in [2.75, 3.05) is 11.1 Å². The third-order valence-corrected chi connectivity index (χ3v) is 4.34. The molecule has 1 aromatic carbocycles. The van der Waals surface area contributed by atoms with Crippen LogP contribution in [-0.2, 0) is 0 Å². The lowest BCUT2D eigenvalue weighted by molar-refractivity contribution is 0.261. The Hall–Kier alpha value is -0.960. The summed E-state index contributed by atoms with van der Waals surface area (Å²) in [6, 6.07) is 3.26. The Morgan fingerprint density at radius 3 is 2.67 bits per heavy atom. The van der Waals surface area contributed by atoms with Crippen molar-refractivity contribution in [2.45, 2.75) is 39.2 Å². The third-order valence-electron chi connectivity index (χ3n) is 4.05. The van der Waals surface area contributed by atoms with Crippen LogP contribution in [0.25, 0.3) is 0 Å². The highest BCUT2D eigenvalue weighted by Gasteiger charge is 2.24. The van der Waals surface area contributed by atoms with Gasteiger partial charge in [0.2, 0.25) is 0 Å². The molecule has 0 heterocycles. The Morgan fingerprint density at radius 1 is 1.28 bits per heavy atom. The van der Waals surface area contributed by atoms with Gasteiger partial charge in [0.05, 0.1) is 16.4 Å². The molecule has 4 heteroatoms. The van der Waals surface area contributed by atoms with E-state index < -0.39 is 5.82 Å². The molecule has 0 bridgehead atoms. The molecule has 0 aliphatic heterocycles. The number of nitrogen functional groups attached to an aromatic ring is 1. The Kier molecular flexibility index (Phi) is 4.00. The summed E-state index contributed by atoms with van der Waals surface area (Å²) in [5.41, 5.74) is 6.97. The van der Waals surface area contributed by atoms with Gasteiger partial charge in [-0.1, -0.05) is 25.4 Å². The van der Waals surface area contributed by atoms with E-state index in [1.165, 1.54) is 12.5 Å². The van der Waals surface area contributed by atoms with E-state index in [2.05, 4.69) is 19.2 Å². The summed E-state index contributed by atoms with van der Waals surface area (Å²) in [5.74, 6) is 1.01. The van der Waals surface area contributed by atoms with Gasteiger partial charge in [-0.3, -0.25) is 0 Å². The first-order valence-electron chi connectivity index (χ1n) is 6.48. The number of nitrogens with one attached hydrogen (secondary N) is 1. The second-order valence-corrected chi connectivity index (χ2v) is 5.87. The molecule has 2 nitrogen and oxygen atoms in total. The monoisotopic (exact) mass is 270 g/mol. The number of halogens is 2. The maximum atomic E-state index is 13.2. The molecule has 0 spiro atoms. The van der Waals surface area contributed by atoms with E-state index in [-0.39, 0.29) is 5.02 Å². The minimum atomic E-state index is -0.467. The van der Waals surface area contributed by atoms with Crippen LogP contribution in [0.15, 0.2) is 12.1 Å². The molecule has 3 atom stereocenters. The molecule has 1 saturated carbocycles. The van der Waals surface area contributed by atoms with Crippen molar-refractivity contribution < 1.29 is 4.39 Å². The second-order valence-electron chi connectivity index (χ2n) is 5.46. The van der Waals surface area contributed by atoms with Gasteiger partial charge in [0, 0.05) is 12.1 Å². The summed E-state index contributed by atoms with van der Waals surface area (Å²) in [6.45, 7) is 4.57. The molecule has 0 radical (unpaired) electrons. The number of rotatable bonds is 2. The normalized spacial score (nSPS) is 28.1. The molecule has 1 aliphatic rings. The summed E-state index contributed by atoms with van der Waals surface area (Å²) in [6.07, 6.45) is 3.46. The summed E-state index contributed by atoms with van der Waals surface area (Å²) in [5, 5.41) is 3.51. The minimum Gasteiger partial charge on any atom is -0.397 e. The van der Waals surface area contributed by atoms with E-state index in [0.29, 0.717) is 17.6 Å². The van der Waals surface area contributed by atoms with Crippen LogP contribution in [0.1, 0.15) is 33.1 Å². The average Bonchev–Trinajstić information content (AvgIpc) is 2.31. The predicted molar refractivity (Wildman–Crippen MR) is 75.4 cm³/mol. The fourth-order valence-electron chi connectivity index (χ4n) is 2.59. The fraction of sp³-hybridized carbons (Fsp3) is 0.571. The molecule has 1 aromatic rings. The number of hydrogen-bond acceptors (Lipinski definition) is 2. The standard InChI is InChI=1S/C14H20ClFN2/c1-8-3-4-10(5-9(8)2)18-14-6-11(15)12(16)7-13(14)17/h6-10,18H,3-5,17H2,1-2H3. The fourth-order valence-corrected chi connectivity index (χ4v) is 2.75. The number of hydrogen-bond donors (Lipinski definition) is 2. The van der Waals surface area contributed by atoms with Crippen molar-refractivity contribution in [3.8, 4) is 0 Å². The van der Waals surface area contributed by atoms with E-state index in [1.54, 1.807) is 6.07 Å². The Morgan fingerprint density at radius 2 is 2.00 bits per heavy atom. The molecule has 0 amide bonds. The van der Waals surface area contributed by atoms with Crippen molar-refractivity contribution in [1.82, 2.24) is 0 Å². The Labute approximate surface area is 113 Å². The summed E-state index contributed by atoms with van der Waals surface area (Å²) >= 11 is 5.78. The van der Waals surface area contributed by atoms with Gasteiger partial charge in [-0.2, -0.15) is 0 Å². The largest absolute Gasteiger partial charge is 0.397 e. The molecule has 3 N–H and O–H groups in total. The first-order chi connectivity index (χ1) is 8.47. The highest BCUT2D eigenvalue weighted by Crippen LogP contribution is 2.33. The minimum absolute atomic E-state index is 0.115. The number of benzene rings is 1. The van der Waals surface area contributed by atoms with Crippen LogP contribution in [0.5, 0.6) is 0 Å². The lowest BCUT2D eigenvalue weighted by atomic mass is 9.79. The van der Waals surface area contributed by atoms with Gasteiger partial charge in [-0.25, -0.2) is 4.39 Å². The zero-order valence-corrected chi connectivity index (χ0v) is 11.6. The first-order valence-corrected chi connectivity index (χ1v) is 6.86. The molecule has 0 saturated heterocycles. The van der Waals surface area contributed by atoms with Gasteiger partial charge in [-0.15, -0.1) is 0 Å². The lowest BCUT2D eigenvalue weighted by Crippen LogP contribution is -2.30. The quantitative estimate of drug-likeness (QED) is 0.787. The average molecular weight is 271 g/mol. The number of nitrogens with two attached hydrogens (primary N) is 1. The van der Waals surface area contributed by atoms with Crippen molar-refractivity contribution in [2.24, 2.45) is 11.8 Å². The zero-order valence-electron chi connectivity index (χ0n) is 10.8. The van der Waals surface area contributed by atoms with Crippen LogP contribution >= 0.6 is 11.6 Å². The van der Waals surface area contributed by atoms with Crippen LogP contribution in [0.3, 0.4) is 0 Å². The predicted octanol–water partition coefficient (Wildman–Crippen LogP) is 4.30. The van der Waals surface area contributed by atoms with Crippen molar-refractivity contribution in [1.29, 1.82) is 0 Å². The molecule has 2 rings (SSSR count). The van der Waals surface area contributed by atoms with Crippen molar-refractivity contribution >= 4 is 23.0 Å². The highest BCUT2D eigenvalue weighted by atomic mass is 35.5. The summed E-state index contributed by atoms with van der Waals surface area (Å²) < 4.78 is 13.2. The summed E-state index contributed by atoms with van der Waals surface area (Å²) in [4.78, 5) is 0. The van der Waals surface area contributed by atoms with Crippen LogP contribution in [0.2, 0.25) is 5.02 Å². The third kappa shape index (κ3) is 2.89. The Balaban J connectivity index is 2.08. The molecule has 1 fully saturated rings. The Bertz CT molecular complexity index is 436. The van der Waals surface area contributed by atoms with Crippen molar-refractivity contribution in [3.63, 3.8) is 0 Å². The van der Waals surface area contributed by atoms with Gasteiger partial charge in [0.1, 0.15) is 5.82 Å². The van der Waals surface area contributed by atoms with Gasteiger partial charge in [0.25, 0.3) is 0 Å². The molecular formula is C14H20ClFN2. The van der Waals surface area contributed by atoms with E-state index in [0.717, 1.165) is 24.4 Å². The smallest absolute Gasteiger partial charge is 0.143 e. The van der Waals surface area contributed by atoms with Gasteiger partial charge >= 0.3 is 0 Å². The van der Waals surface area contributed by atoms with Gasteiger partial charge in [0.15, 0.2) is 0 Å². The van der Waals surface area contributed by atoms with Gasteiger partial charge < -0.3 is 11.1 Å². The topological polar surface area (TPSA) is 38.0 Å². The van der Waals surface area contributed by atoms with E-state index in [1.807, 2.05) is 0 Å². The maximum Gasteiger partial charge on any atom is 0.143 e. The van der Waals surface area contributed by atoms with E-state index in [9.17, 15) is 4.39 Å². The molecular weight excluding hydrogens is 251 g/mol. The van der Waals surface area contributed by atoms with Gasteiger partial charge in [-0.05, 0) is 37.2 Å². The van der Waals surface area contributed by atoms with Crippen molar-refractivity contribution in [3.05, 3.63) is 23.0 Å². The van der Waals surface area contributed by atoms with Crippen LogP contribution < -0.4 is 11.1 Å². The van der Waals surface area contributed by atoms with E-state index >= 15 is 0 Å². The van der Waals surface area contributed by atoms with Crippen LogP contribution in [0, 0.1) is 17.7 Å². The number of anilines is 2. The zero-order chi connectivity index (χ0) is 13.3. The second kappa shape index (κ2) is 5.35. The molecule has 0 aromatic heterocycles. The highest BCUT2D eigenvalue weighted by molar-refractivity contribution is 6.31. The summed E-state index contributed by atoms with van der Waals surface area (Å²) in [7, 11) is 0. The molecule has 3 unspecified atom stereocenters. The lowest BCUT2D eigenvalue weighted by Gasteiger charge is -2.33. The van der Waals surface area contributed by atoms with E-state index in [4.69, 9.17) is 17.3 Å². The molecule has 18 heavy (non-hydrogen) atoms. The SMILES string of the molecule is CC1CCC(Nc2cc(Cl)c(F)cc2N)CC1C. The maximum absolute atomic E-state index is 13.2. The van der Waals surface area contributed by atoms with Crippen LogP contribution in [0.4, 0.5) is 15.8 Å². The first kappa shape index (κ1) is 13.5. The van der Waals surface area contributed by atoms with Crippen LogP contribution in [-0.4, -0.2) is 6.04 Å².